The van der Waals surface area contributed by atoms with E-state index in [0.717, 1.165) is 11.1 Å². The van der Waals surface area contributed by atoms with Gasteiger partial charge in [0.05, 0.1) is 11.1 Å². The van der Waals surface area contributed by atoms with Crippen LogP contribution < -0.4 is 5.43 Å². The van der Waals surface area contributed by atoms with Gasteiger partial charge in [-0.25, -0.2) is 4.98 Å². The highest BCUT2D eigenvalue weighted by Gasteiger charge is 2.06. The third kappa shape index (κ3) is 2.08. The minimum Gasteiger partial charge on any atom is -0.508 e. The predicted molar refractivity (Wildman–Crippen MR) is 74.2 cm³/mol. The second-order valence-corrected chi connectivity index (χ2v) is 4.51. The van der Waals surface area contributed by atoms with E-state index in [2.05, 4.69) is 9.97 Å². The number of phenols is 1. The van der Waals surface area contributed by atoms with Crippen molar-refractivity contribution in [3.63, 3.8) is 0 Å². The maximum atomic E-state index is 12.1. The number of nitrogens with zero attached hydrogens (tertiary/aromatic N) is 1. The van der Waals surface area contributed by atoms with Gasteiger partial charge in [0.15, 0.2) is 5.43 Å². The molecule has 2 N–H and O–H groups in total. The van der Waals surface area contributed by atoms with Crippen LogP contribution in [0.3, 0.4) is 0 Å². The maximum Gasteiger partial charge on any atom is 0.191 e. The number of hydrogen-bond donors (Lipinski definition) is 2. The van der Waals surface area contributed by atoms with Crippen LogP contribution >= 0.6 is 0 Å². The van der Waals surface area contributed by atoms with Gasteiger partial charge in [0, 0.05) is 17.8 Å². The van der Waals surface area contributed by atoms with Gasteiger partial charge < -0.3 is 10.1 Å². The zero-order valence-electron chi connectivity index (χ0n) is 10.3. The van der Waals surface area contributed by atoms with Gasteiger partial charge >= 0.3 is 0 Å². The quantitative estimate of drug-likeness (QED) is 0.699. The Bertz CT molecular complexity index is 822. The lowest BCUT2D eigenvalue weighted by Gasteiger charge is -2.05. The summed E-state index contributed by atoms with van der Waals surface area (Å²) in [5, 5.41) is 10.1. The summed E-state index contributed by atoms with van der Waals surface area (Å²) in [7, 11) is 0. The number of aromatic nitrogens is 2. The minimum absolute atomic E-state index is 0.0803. The van der Waals surface area contributed by atoms with E-state index >= 15 is 0 Å². The topological polar surface area (TPSA) is 66.0 Å². The summed E-state index contributed by atoms with van der Waals surface area (Å²) in [6.45, 7) is 1.90. The zero-order valence-corrected chi connectivity index (χ0v) is 10.3. The van der Waals surface area contributed by atoms with Crippen LogP contribution in [-0.2, 0) is 0 Å². The molecule has 0 aliphatic carbocycles. The first-order chi connectivity index (χ1) is 9.13. The van der Waals surface area contributed by atoms with Crippen molar-refractivity contribution in [2.24, 2.45) is 0 Å². The molecular weight excluding hydrogens is 240 g/mol. The Morgan fingerprint density at radius 1 is 1.21 bits per heavy atom. The van der Waals surface area contributed by atoms with Crippen LogP contribution in [0.25, 0.3) is 22.3 Å². The number of aromatic hydroxyl groups is 1. The highest BCUT2D eigenvalue weighted by Crippen LogP contribution is 2.21. The third-order valence-electron chi connectivity index (χ3n) is 2.98. The van der Waals surface area contributed by atoms with Crippen molar-refractivity contribution in [3.05, 3.63) is 58.4 Å². The molecule has 19 heavy (non-hydrogen) atoms. The molecule has 4 nitrogen and oxygen atoms in total. The van der Waals surface area contributed by atoms with Crippen molar-refractivity contribution in [2.45, 2.75) is 6.92 Å². The van der Waals surface area contributed by atoms with Crippen molar-refractivity contribution in [2.75, 3.05) is 0 Å². The average molecular weight is 252 g/mol. The number of aromatic amines is 1. The molecule has 0 aliphatic heterocycles. The fraction of sp³-hybridized carbons (Fsp3) is 0.0667. The van der Waals surface area contributed by atoms with Crippen LogP contribution in [0.4, 0.5) is 0 Å². The summed E-state index contributed by atoms with van der Waals surface area (Å²) < 4.78 is 0. The number of hydrogen-bond acceptors (Lipinski definition) is 3. The molecule has 0 unspecified atom stereocenters. The van der Waals surface area contributed by atoms with Crippen molar-refractivity contribution in [1.29, 1.82) is 0 Å². The molecule has 0 spiro atoms. The van der Waals surface area contributed by atoms with Crippen LogP contribution in [0.5, 0.6) is 5.75 Å². The summed E-state index contributed by atoms with van der Waals surface area (Å²) in [6.07, 6.45) is 1.71. The zero-order chi connectivity index (χ0) is 13.4. The number of aryl methyl sites for hydroxylation is 1. The first-order valence-electron chi connectivity index (χ1n) is 5.92. The second-order valence-electron chi connectivity index (χ2n) is 4.51. The minimum atomic E-state index is -0.0803. The van der Waals surface area contributed by atoms with Crippen LogP contribution in [-0.4, -0.2) is 15.1 Å². The van der Waals surface area contributed by atoms with Crippen LogP contribution in [0, 0.1) is 6.92 Å². The van der Waals surface area contributed by atoms with Crippen molar-refractivity contribution in [1.82, 2.24) is 9.97 Å². The Labute approximate surface area is 109 Å². The standard InChI is InChI=1S/C15H12N2O2/c1-9-5-12-14(19)7-13(17-15(12)16-8-9)10-3-2-4-11(18)6-10/h2-8,18H,1H3,(H,16,17,19). The Balaban J connectivity index is 2.27. The van der Waals surface area contributed by atoms with E-state index in [0.29, 0.717) is 16.7 Å². The molecule has 0 bridgehead atoms. The first kappa shape index (κ1) is 11.5. The van der Waals surface area contributed by atoms with E-state index in [9.17, 15) is 9.90 Å². The van der Waals surface area contributed by atoms with E-state index in [-0.39, 0.29) is 11.2 Å². The second kappa shape index (κ2) is 4.24. The number of benzene rings is 1. The molecule has 3 aromatic rings. The molecule has 3 rings (SSSR count). The van der Waals surface area contributed by atoms with Crippen LogP contribution in [0.15, 0.2) is 47.4 Å². The molecule has 2 heterocycles. The van der Waals surface area contributed by atoms with E-state index < -0.39 is 0 Å². The van der Waals surface area contributed by atoms with E-state index in [1.165, 1.54) is 6.07 Å². The molecule has 0 saturated carbocycles. The number of rotatable bonds is 1. The van der Waals surface area contributed by atoms with Gasteiger partial charge in [0.25, 0.3) is 0 Å². The van der Waals surface area contributed by atoms with Crippen molar-refractivity contribution in [3.8, 4) is 17.0 Å². The van der Waals surface area contributed by atoms with Gasteiger partial charge in [0.2, 0.25) is 0 Å². The van der Waals surface area contributed by atoms with Crippen molar-refractivity contribution < 1.29 is 5.11 Å². The lowest BCUT2D eigenvalue weighted by Crippen LogP contribution is -2.04. The highest BCUT2D eigenvalue weighted by molar-refractivity contribution is 5.78. The number of pyridine rings is 2. The Kier molecular flexibility index (Phi) is 2.56. The summed E-state index contributed by atoms with van der Waals surface area (Å²) in [5.74, 6) is 0.162. The Morgan fingerprint density at radius 2 is 2.05 bits per heavy atom. The third-order valence-corrected chi connectivity index (χ3v) is 2.98. The molecule has 0 radical (unpaired) electrons. The van der Waals surface area contributed by atoms with Crippen LogP contribution in [0.2, 0.25) is 0 Å². The summed E-state index contributed by atoms with van der Waals surface area (Å²) >= 11 is 0. The smallest absolute Gasteiger partial charge is 0.191 e. The largest absolute Gasteiger partial charge is 0.508 e. The molecule has 0 aliphatic rings. The van der Waals surface area contributed by atoms with Gasteiger partial charge in [-0.2, -0.15) is 0 Å². The molecule has 0 amide bonds. The number of nitrogens with one attached hydrogen (secondary N) is 1. The average Bonchev–Trinajstić information content (AvgIpc) is 2.39. The van der Waals surface area contributed by atoms with Gasteiger partial charge in [-0.3, -0.25) is 4.79 Å². The summed E-state index contributed by atoms with van der Waals surface area (Å²) in [4.78, 5) is 19.4. The molecule has 0 saturated heterocycles. The molecule has 2 aromatic heterocycles. The lowest BCUT2D eigenvalue weighted by molar-refractivity contribution is 0.475. The molecule has 0 atom stereocenters. The maximum absolute atomic E-state index is 12.1. The lowest BCUT2D eigenvalue weighted by atomic mass is 10.1. The number of fused-ring (bicyclic) bond motifs is 1. The normalized spacial score (nSPS) is 10.8. The predicted octanol–water partition coefficient (Wildman–Crippen LogP) is 2.60. The van der Waals surface area contributed by atoms with Crippen LogP contribution in [0.1, 0.15) is 5.56 Å². The summed E-state index contributed by atoms with van der Waals surface area (Å²) in [6, 6.07) is 10.1. The van der Waals surface area contributed by atoms with Gasteiger partial charge in [-0.05, 0) is 30.7 Å². The van der Waals surface area contributed by atoms with E-state index in [4.69, 9.17) is 0 Å². The molecule has 4 heteroatoms. The van der Waals surface area contributed by atoms with Gasteiger partial charge in [-0.15, -0.1) is 0 Å². The molecule has 94 valence electrons. The SMILES string of the molecule is Cc1cnc2[nH]c(-c3cccc(O)c3)cc(=O)c2c1. The van der Waals surface area contributed by atoms with Gasteiger partial charge in [0.1, 0.15) is 11.4 Å². The highest BCUT2D eigenvalue weighted by atomic mass is 16.3. The molecular formula is C15H12N2O2. The molecule has 1 aromatic carbocycles. The van der Waals surface area contributed by atoms with E-state index in [1.54, 1.807) is 24.4 Å². The number of phenolic OH excluding ortho intramolecular Hbond substituents is 1. The Morgan fingerprint density at radius 3 is 2.84 bits per heavy atom. The molecule has 0 fully saturated rings. The monoisotopic (exact) mass is 252 g/mol. The van der Waals surface area contributed by atoms with Crippen molar-refractivity contribution >= 4 is 11.0 Å². The first-order valence-corrected chi connectivity index (χ1v) is 5.92. The van der Waals surface area contributed by atoms with E-state index in [1.807, 2.05) is 19.1 Å². The number of H-pyrrole nitrogens is 1. The Hall–Kier alpha value is -2.62. The van der Waals surface area contributed by atoms with Gasteiger partial charge in [-0.1, -0.05) is 12.1 Å². The fourth-order valence-electron chi connectivity index (χ4n) is 2.06. The summed E-state index contributed by atoms with van der Waals surface area (Å²) in [5.41, 5.74) is 2.81. The fourth-order valence-corrected chi connectivity index (χ4v) is 2.06.